The smallest absolute Gasteiger partial charge is 0.304 e. The van der Waals surface area contributed by atoms with Crippen molar-refractivity contribution in [3.05, 3.63) is 176 Å². The standard InChI is InChI=1S/C32H39ClN6O6S.2C28H33ClN6O4S/c1-19(2)45-27-15-21-18-39(22-9-12-38(13-10-22)14-11-29(40)41)31(42)23(21)16-26(27)36-32-34-17-24(33)30(37-32)35-25-7-5-6-8-28(25)46(43,44)20(3)4;2*1-16(2)39-24-11-18-15-35(19-9-10-30-13-19)27(36)20(18)12-23(24)33-28-31-14-21(29)26(34-28)32-22-7-5-6-8-25(22)40(37,38)17(3)4/h5-8,15-17,19-20,22H,9-14,18H2,1-4H3,(H,40,41)(H2,34,35,36,37);2*5-8,11-12,14,16-17,19,30H,9-10,13,15H2,1-4H3,(H2,31,32,33,34)/t;2*19-/m.10/s1. The molecule has 0 aliphatic carbocycles. The number of hydrogen-bond acceptors (Lipinski definition) is 28. The molecule has 9 N–H and O–H groups in total. The number of ether oxygens (including phenoxy) is 3. The maximum atomic E-state index is 13.7. The van der Waals surface area contributed by atoms with Gasteiger partial charge in [-0.05, 0) is 211 Å². The van der Waals surface area contributed by atoms with Gasteiger partial charge in [-0.15, -0.1) is 0 Å². The summed E-state index contributed by atoms with van der Waals surface area (Å²) < 4.78 is 96.0. The predicted octanol–water partition coefficient (Wildman–Crippen LogP) is 15.3. The number of aliphatic carboxylic acids is 1. The fourth-order valence-electron chi connectivity index (χ4n) is 15.3. The van der Waals surface area contributed by atoms with Gasteiger partial charge in [0.25, 0.3) is 17.7 Å². The number of likely N-dealkylation sites (tertiary alicyclic amines) is 1. The predicted molar refractivity (Wildman–Crippen MR) is 488 cm³/mol. The second-order valence-corrected chi connectivity index (χ2v) is 41.7. The number of carboxylic acids is 1. The summed E-state index contributed by atoms with van der Waals surface area (Å²) in [6.45, 7) is 28.2. The summed E-state index contributed by atoms with van der Waals surface area (Å²) in [6, 6.07) is 31.2. The van der Waals surface area contributed by atoms with Crippen LogP contribution in [0.25, 0.3) is 0 Å². The number of piperidine rings is 1. The van der Waals surface area contributed by atoms with Crippen molar-refractivity contribution in [2.45, 2.75) is 202 Å². The highest BCUT2D eigenvalue weighted by Crippen LogP contribution is 2.43. The molecule has 3 amide bonds. The average Bonchev–Trinajstić information content (AvgIpc) is 1.36. The molecule has 0 unspecified atom stereocenters. The van der Waals surface area contributed by atoms with E-state index in [0.717, 1.165) is 81.6 Å². The topological polar surface area (TPSA) is 405 Å². The van der Waals surface area contributed by atoms with Crippen LogP contribution in [0.4, 0.5) is 69.4 Å². The Morgan fingerprint density at radius 1 is 0.437 bits per heavy atom. The van der Waals surface area contributed by atoms with Gasteiger partial charge in [0.2, 0.25) is 17.8 Å². The first-order valence-electron chi connectivity index (χ1n) is 41.9. The molecule has 0 bridgehead atoms. The molecule has 38 heteroatoms. The van der Waals surface area contributed by atoms with Gasteiger partial charge in [0.05, 0.1) is 108 Å². The first kappa shape index (κ1) is 92.9. The summed E-state index contributed by atoms with van der Waals surface area (Å²) in [5.41, 5.74) is 7.13. The van der Waals surface area contributed by atoms with Gasteiger partial charge < -0.3 is 81.5 Å². The molecule has 2 atom stereocenters. The molecule has 9 aromatic rings. The molecular formula is C88H105Cl3N18O14S3. The molecule has 0 saturated carbocycles. The maximum absolute atomic E-state index is 13.7. The van der Waals surface area contributed by atoms with Crippen LogP contribution in [-0.4, -0.2) is 202 Å². The summed E-state index contributed by atoms with van der Waals surface area (Å²) in [7, 11) is -10.7. The number of anilines is 12. The van der Waals surface area contributed by atoms with Crippen molar-refractivity contribution in [1.82, 2.24) is 60.1 Å². The lowest BCUT2D eigenvalue weighted by atomic mass is 10.0. The Balaban J connectivity index is 0.000000162. The number of para-hydroxylation sites is 3. The van der Waals surface area contributed by atoms with E-state index in [-0.39, 0.29) is 126 Å². The fraction of sp³-hybridized carbons (Fsp3) is 0.409. The maximum Gasteiger partial charge on any atom is 0.304 e. The molecule has 0 radical (unpaired) electrons. The van der Waals surface area contributed by atoms with E-state index < -0.39 is 51.2 Å². The molecule has 3 aromatic heterocycles. The summed E-state index contributed by atoms with van der Waals surface area (Å²) in [5, 5.41) is 33.2. The number of carbonyl (C=O) groups excluding carboxylic acids is 3. The van der Waals surface area contributed by atoms with E-state index in [0.29, 0.717) is 94.2 Å². The van der Waals surface area contributed by atoms with Gasteiger partial charge >= 0.3 is 5.97 Å². The van der Waals surface area contributed by atoms with Crippen LogP contribution in [0.5, 0.6) is 17.2 Å². The summed E-state index contributed by atoms with van der Waals surface area (Å²) >= 11 is 19.3. The van der Waals surface area contributed by atoms with E-state index in [9.17, 15) is 44.4 Å². The Morgan fingerprint density at radius 2 is 0.738 bits per heavy atom. The monoisotopic (exact) mass is 1840 g/mol. The van der Waals surface area contributed by atoms with Gasteiger partial charge in [-0.3, -0.25) is 19.2 Å². The number of hydrogen-bond donors (Lipinski definition) is 9. The third-order valence-electron chi connectivity index (χ3n) is 22.0. The Hall–Kier alpha value is -10.8. The second-order valence-electron chi connectivity index (χ2n) is 33.0. The van der Waals surface area contributed by atoms with Crippen molar-refractivity contribution in [3.63, 3.8) is 0 Å². The van der Waals surface area contributed by atoms with Crippen LogP contribution in [0.15, 0.2) is 142 Å². The van der Waals surface area contributed by atoms with Crippen molar-refractivity contribution < 1.29 is 63.7 Å². The van der Waals surface area contributed by atoms with Crippen molar-refractivity contribution in [2.24, 2.45) is 0 Å². The largest absolute Gasteiger partial charge is 0.489 e. The molecule has 15 rings (SSSR count). The molecule has 6 aromatic carbocycles. The van der Waals surface area contributed by atoms with E-state index in [4.69, 9.17) is 54.1 Å². The number of halogens is 3. The molecule has 9 heterocycles. The highest BCUT2D eigenvalue weighted by Gasteiger charge is 2.40. The van der Waals surface area contributed by atoms with Crippen molar-refractivity contribution in [3.8, 4) is 17.2 Å². The first-order chi connectivity index (χ1) is 59.9. The van der Waals surface area contributed by atoms with Gasteiger partial charge in [0.15, 0.2) is 47.0 Å². The Labute approximate surface area is 749 Å². The normalized spacial score (nSPS) is 16.6. The lowest BCUT2D eigenvalue weighted by molar-refractivity contribution is -0.137. The Bertz CT molecular complexity index is 5710. The van der Waals surface area contributed by atoms with Crippen LogP contribution in [-0.2, 0) is 53.9 Å². The molecule has 3 fully saturated rings. The summed E-state index contributed by atoms with van der Waals surface area (Å²) in [6.07, 6.45) is 7.41. The number of amides is 3. The number of aromatic nitrogens is 6. The van der Waals surface area contributed by atoms with E-state index in [1.165, 1.54) is 24.7 Å². The number of carbonyl (C=O) groups is 4. The van der Waals surface area contributed by atoms with E-state index in [1.54, 1.807) is 126 Å². The summed E-state index contributed by atoms with van der Waals surface area (Å²) in [5.74, 6) is 2.03. The number of benzene rings is 6. The number of carboxylic acid groups (broad SMARTS) is 1. The quantitative estimate of drug-likeness (QED) is 0.0202. The van der Waals surface area contributed by atoms with Crippen LogP contribution in [0.2, 0.25) is 15.1 Å². The number of fused-ring (bicyclic) bond motifs is 3. The van der Waals surface area contributed by atoms with Gasteiger partial charge in [-0.1, -0.05) is 71.2 Å². The Morgan fingerprint density at radius 3 is 1.02 bits per heavy atom. The van der Waals surface area contributed by atoms with Crippen molar-refractivity contribution in [2.75, 3.05) is 77.7 Å². The van der Waals surface area contributed by atoms with Gasteiger partial charge in [-0.2, -0.15) is 15.0 Å². The summed E-state index contributed by atoms with van der Waals surface area (Å²) in [4.78, 5) is 86.1. The molecule has 0 spiro atoms. The SMILES string of the molecule is CC(C)Oc1cc2c(cc1Nc1ncc(Cl)c(Nc3ccccc3S(=O)(=O)C(C)C)n1)C(=O)N(C1CCN(CCC(=O)O)CC1)C2.CC(C)Oc1cc2c(cc1Nc1ncc(Cl)c(Nc3ccccc3S(=O)(=O)C(C)C)n1)C(=O)N([C@@H]1CCNC1)C2.CC(C)Oc1cc2c(cc1Nc1ncc(Cl)c(Nc3ccccc3S(=O)(=O)C(C)C)n1)C(=O)N([C@H]1CCNC1)C2. The highest BCUT2D eigenvalue weighted by atomic mass is 35.5. The van der Waals surface area contributed by atoms with E-state index >= 15 is 0 Å². The third kappa shape index (κ3) is 21.4. The van der Waals surface area contributed by atoms with E-state index in [2.05, 4.69) is 77.3 Å². The van der Waals surface area contributed by atoms with Crippen LogP contribution in [0.1, 0.15) is 163 Å². The zero-order valence-electron chi connectivity index (χ0n) is 72.0. The highest BCUT2D eigenvalue weighted by molar-refractivity contribution is 7.92. The van der Waals surface area contributed by atoms with E-state index in [1.807, 2.05) is 74.4 Å². The number of sulfone groups is 3. The average molecular weight is 1840 g/mol. The molecule has 6 aliphatic rings. The van der Waals surface area contributed by atoms with Gasteiger partial charge in [0.1, 0.15) is 32.3 Å². The lowest BCUT2D eigenvalue weighted by Crippen LogP contribution is -2.45. The third-order valence-corrected chi connectivity index (χ3v) is 29.4. The van der Waals surface area contributed by atoms with Crippen molar-refractivity contribution in [1.29, 1.82) is 0 Å². The minimum absolute atomic E-state index is 0.00908. The fourth-order valence-corrected chi connectivity index (χ4v) is 19.4. The zero-order chi connectivity index (χ0) is 90.4. The number of nitrogens with zero attached hydrogens (tertiary/aromatic N) is 10. The molecular weight excluding hydrogens is 1740 g/mol. The number of nitrogens with one attached hydrogen (secondary N) is 8. The minimum atomic E-state index is -3.59. The van der Waals surface area contributed by atoms with Crippen LogP contribution >= 0.6 is 34.8 Å². The van der Waals surface area contributed by atoms with Crippen LogP contribution in [0, 0.1) is 0 Å². The Kier molecular flexibility index (Phi) is 29.2. The number of rotatable bonds is 30. The molecule has 3 saturated heterocycles. The van der Waals surface area contributed by atoms with Gasteiger partial charge in [-0.25, -0.2) is 40.2 Å². The zero-order valence-corrected chi connectivity index (χ0v) is 76.7. The lowest BCUT2D eigenvalue weighted by Gasteiger charge is -2.36. The minimum Gasteiger partial charge on any atom is -0.489 e. The molecule has 6 aliphatic heterocycles. The molecule has 670 valence electrons. The molecule has 32 nitrogen and oxygen atoms in total. The van der Waals surface area contributed by atoms with Crippen molar-refractivity contribution >= 4 is 157 Å². The second kappa shape index (κ2) is 39.6. The first-order valence-corrected chi connectivity index (χ1v) is 47.7. The van der Waals surface area contributed by atoms with Gasteiger partial charge in [0, 0.05) is 87.2 Å². The molecule has 126 heavy (non-hydrogen) atoms. The van der Waals surface area contributed by atoms with Crippen LogP contribution < -0.4 is 56.7 Å². The van der Waals surface area contributed by atoms with Crippen LogP contribution in [0.3, 0.4) is 0 Å².